The van der Waals surface area contributed by atoms with Crippen LogP contribution in [0.1, 0.15) is 0 Å². The fraction of sp³-hybridized carbons (Fsp3) is 0. The first kappa shape index (κ1) is 23.9. The minimum absolute atomic E-state index is 0. The molecule has 0 aliphatic heterocycles. The SMILES string of the molecule is [Pt+4].[c-]1c(Oc2[c-]c3c(cc2)c2ccccc2n3-c2ccccn2)cccc1-n1cc(-c2ccccc2)cn1. The van der Waals surface area contributed by atoms with Crippen molar-refractivity contribution in [3.8, 4) is 34.1 Å². The van der Waals surface area contributed by atoms with Crippen LogP contribution in [-0.2, 0) is 21.1 Å². The van der Waals surface area contributed by atoms with Crippen LogP contribution >= 0.6 is 0 Å². The molecule has 0 bridgehead atoms. The molecule has 7 rings (SSSR count). The summed E-state index contributed by atoms with van der Waals surface area (Å²) in [6.07, 6.45) is 5.65. The Labute approximate surface area is 234 Å². The molecule has 0 spiro atoms. The van der Waals surface area contributed by atoms with Gasteiger partial charge in [-0.2, -0.15) is 17.2 Å². The third-order valence-electron chi connectivity index (χ3n) is 6.34. The molecule has 4 aromatic carbocycles. The van der Waals surface area contributed by atoms with Gasteiger partial charge in [0.2, 0.25) is 0 Å². The molecule has 0 amide bonds. The van der Waals surface area contributed by atoms with Crippen LogP contribution in [0, 0.1) is 12.1 Å². The third-order valence-corrected chi connectivity index (χ3v) is 6.34. The second-order valence-corrected chi connectivity index (χ2v) is 8.67. The minimum atomic E-state index is 0. The van der Waals surface area contributed by atoms with E-state index in [4.69, 9.17) is 4.74 Å². The topological polar surface area (TPSA) is 44.9 Å². The van der Waals surface area contributed by atoms with Gasteiger partial charge in [-0.3, -0.25) is 4.68 Å². The van der Waals surface area contributed by atoms with Crippen molar-refractivity contribution in [2.45, 2.75) is 0 Å². The molecule has 38 heavy (non-hydrogen) atoms. The standard InChI is InChI=1S/C32H20N4O.Pt/c1-2-9-23(10-3-1)24-21-34-35(22-24)25-11-8-12-26(19-25)37-27-16-17-29-28-13-4-5-14-30(28)36(31(29)20-27)32-15-6-7-18-33-32;/h1-18,21-22H;/q-2;+4. The average Bonchev–Trinajstić information content (AvgIpc) is 3.58. The molecule has 0 N–H and O–H groups in total. The van der Waals surface area contributed by atoms with E-state index in [1.165, 1.54) is 0 Å². The average molecular weight is 672 g/mol. The van der Waals surface area contributed by atoms with E-state index in [9.17, 15) is 0 Å². The van der Waals surface area contributed by atoms with Gasteiger partial charge in [-0.1, -0.05) is 60.1 Å². The Hall–Kier alpha value is -4.47. The smallest absolute Gasteiger partial charge is 0.509 e. The van der Waals surface area contributed by atoms with Crippen molar-refractivity contribution in [2.24, 2.45) is 0 Å². The first-order chi connectivity index (χ1) is 18.3. The number of aromatic nitrogens is 4. The van der Waals surface area contributed by atoms with E-state index >= 15 is 0 Å². The number of para-hydroxylation sites is 1. The zero-order valence-electron chi connectivity index (χ0n) is 20.1. The molecule has 6 heteroatoms. The number of rotatable bonds is 5. The summed E-state index contributed by atoms with van der Waals surface area (Å²) in [5, 5.41) is 6.77. The third kappa shape index (κ3) is 4.31. The second kappa shape index (κ2) is 10.1. The van der Waals surface area contributed by atoms with Crippen LogP contribution in [0.4, 0.5) is 0 Å². The Morgan fingerprint density at radius 2 is 1.47 bits per heavy atom. The molecule has 0 fully saturated rings. The number of fused-ring (bicyclic) bond motifs is 3. The molecule has 0 unspecified atom stereocenters. The van der Waals surface area contributed by atoms with E-state index in [1.807, 2.05) is 85.2 Å². The van der Waals surface area contributed by atoms with Crippen molar-refractivity contribution in [3.63, 3.8) is 0 Å². The van der Waals surface area contributed by atoms with E-state index < -0.39 is 0 Å². The van der Waals surface area contributed by atoms with Crippen molar-refractivity contribution >= 4 is 21.8 Å². The Morgan fingerprint density at radius 1 is 0.658 bits per heavy atom. The minimum Gasteiger partial charge on any atom is -0.509 e. The van der Waals surface area contributed by atoms with E-state index in [-0.39, 0.29) is 21.1 Å². The normalized spacial score (nSPS) is 10.9. The molecule has 0 atom stereocenters. The van der Waals surface area contributed by atoms with Crippen LogP contribution in [0.2, 0.25) is 0 Å². The van der Waals surface area contributed by atoms with Crippen LogP contribution < -0.4 is 4.74 Å². The van der Waals surface area contributed by atoms with Gasteiger partial charge in [-0.25, -0.2) is 4.98 Å². The predicted molar refractivity (Wildman–Crippen MR) is 145 cm³/mol. The summed E-state index contributed by atoms with van der Waals surface area (Å²) in [6.45, 7) is 0. The van der Waals surface area contributed by atoms with Crippen LogP contribution in [0.5, 0.6) is 11.5 Å². The number of pyridine rings is 1. The Morgan fingerprint density at radius 3 is 2.34 bits per heavy atom. The summed E-state index contributed by atoms with van der Waals surface area (Å²) in [5.41, 5.74) is 4.94. The maximum absolute atomic E-state index is 6.24. The van der Waals surface area contributed by atoms with Crippen molar-refractivity contribution in [1.29, 1.82) is 0 Å². The molecule has 0 radical (unpaired) electrons. The summed E-state index contributed by atoms with van der Waals surface area (Å²) in [4.78, 5) is 4.59. The van der Waals surface area contributed by atoms with Crippen LogP contribution in [0.15, 0.2) is 122 Å². The molecule has 3 aromatic heterocycles. The first-order valence-electron chi connectivity index (χ1n) is 12.0. The molecule has 182 valence electrons. The first-order valence-corrected chi connectivity index (χ1v) is 12.0. The zero-order valence-corrected chi connectivity index (χ0v) is 22.3. The van der Waals surface area contributed by atoms with Gasteiger partial charge in [0, 0.05) is 35.0 Å². The Balaban J connectivity index is 0.00000264. The predicted octanol–water partition coefficient (Wildman–Crippen LogP) is 7.42. The number of benzene rings is 4. The van der Waals surface area contributed by atoms with Gasteiger partial charge >= 0.3 is 21.1 Å². The molecule has 3 heterocycles. The molecule has 0 saturated heterocycles. The van der Waals surface area contributed by atoms with E-state index in [2.05, 4.69) is 57.1 Å². The van der Waals surface area contributed by atoms with E-state index in [0.29, 0.717) is 11.5 Å². The van der Waals surface area contributed by atoms with Crippen LogP contribution in [0.25, 0.3) is 44.4 Å². The molecule has 0 saturated carbocycles. The van der Waals surface area contributed by atoms with Crippen molar-refractivity contribution in [2.75, 3.05) is 0 Å². The number of hydrogen-bond acceptors (Lipinski definition) is 3. The quantitative estimate of drug-likeness (QED) is 0.179. The van der Waals surface area contributed by atoms with Crippen molar-refractivity contribution in [1.82, 2.24) is 19.3 Å². The molecular weight excluding hydrogens is 651 g/mol. The van der Waals surface area contributed by atoms with Gasteiger partial charge < -0.3 is 9.30 Å². The number of nitrogens with zero attached hydrogens (tertiary/aromatic N) is 4. The molecule has 0 aliphatic rings. The molecular formula is C32H20N4OPt+2. The van der Waals surface area contributed by atoms with Crippen LogP contribution in [-0.4, -0.2) is 19.3 Å². The van der Waals surface area contributed by atoms with Crippen LogP contribution in [0.3, 0.4) is 0 Å². The monoisotopic (exact) mass is 671 g/mol. The fourth-order valence-corrected chi connectivity index (χ4v) is 4.64. The van der Waals surface area contributed by atoms with Gasteiger partial charge in [0.25, 0.3) is 0 Å². The Bertz CT molecular complexity index is 1860. The maximum Gasteiger partial charge on any atom is 4.00 e. The Kier molecular flexibility index (Phi) is 6.36. The van der Waals surface area contributed by atoms with E-state index in [0.717, 1.165) is 44.4 Å². The van der Waals surface area contributed by atoms with Gasteiger partial charge in [0.05, 0.1) is 6.20 Å². The summed E-state index contributed by atoms with van der Waals surface area (Å²) >= 11 is 0. The van der Waals surface area contributed by atoms with Gasteiger partial charge in [0.1, 0.15) is 5.82 Å². The van der Waals surface area contributed by atoms with E-state index in [1.54, 1.807) is 10.9 Å². The number of hydrogen-bond donors (Lipinski definition) is 0. The van der Waals surface area contributed by atoms with Crippen molar-refractivity contribution < 1.29 is 25.8 Å². The van der Waals surface area contributed by atoms with Crippen molar-refractivity contribution in [3.05, 3.63) is 134 Å². The maximum atomic E-state index is 6.24. The summed E-state index contributed by atoms with van der Waals surface area (Å²) < 4.78 is 10.2. The largest absolute Gasteiger partial charge is 4.00 e. The molecule has 7 aromatic rings. The summed E-state index contributed by atoms with van der Waals surface area (Å²) in [6, 6.07) is 41.0. The summed E-state index contributed by atoms with van der Waals surface area (Å²) in [5.74, 6) is 2.03. The second-order valence-electron chi connectivity index (χ2n) is 8.67. The zero-order chi connectivity index (χ0) is 24.6. The fourth-order valence-electron chi connectivity index (χ4n) is 4.64. The van der Waals surface area contributed by atoms with Gasteiger partial charge in [-0.15, -0.1) is 35.7 Å². The molecule has 5 nitrogen and oxygen atoms in total. The molecule has 0 aliphatic carbocycles. The van der Waals surface area contributed by atoms with Gasteiger partial charge in [0.15, 0.2) is 0 Å². The summed E-state index contributed by atoms with van der Waals surface area (Å²) in [7, 11) is 0. The van der Waals surface area contributed by atoms with Gasteiger partial charge in [-0.05, 0) is 34.8 Å². The number of ether oxygens (including phenoxy) is 1.